The number of aromatic nitrogens is 2. The minimum atomic E-state index is -0.377. The first-order valence-corrected chi connectivity index (χ1v) is 10.3. The van der Waals surface area contributed by atoms with Crippen LogP contribution in [0.25, 0.3) is 0 Å². The lowest BCUT2D eigenvalue weighted by molar-refractivity contribution is -0.131. The van der Waals surface area contributed by atoms with Gasteiger partial charge in [-0.25, -0.2) is 0 Å². The van der Waals surface area contributed by atoms with Gasteiger partial charge in [0.15, 0.2) is 5.82 Å². The average Bonchev–Trinajstić information content (AvgIpc) is 2.74. The predicted octanol–water partition coefficient (Wildman–Crippen LogP) is 2.68. The molecule has 29 heavy (non-hydrogen) atoms. The van der Waals surface area contributed by atoms with Gasteiger partial charge in [-0.2, -0.15) is 5.10 Å². The summed E-state index contributed by atoms with van der Waals surface area (Å²) in [6.45, 7) is 3.05. The summed E-state index contributed by atoms with van der Waals surface area (Å²) in [5, 5.41) is 12.0. The maximum atomic E-state index is 12.5. The highest BCUT2D eigenvalue weighted by atomic mass is 16.5. The Hall–Kier alpha value is -2.96. The molecular weight excluding hydrogens is 368 g/mol. The molecule has 1 aliphatic carbocycles. The largest absolute Gasteiger partial charge is 0.427 e. The van der Waals surface area contributed by atoms with Gasteiger partial charge in [-0.3, -0.25) is 9.59 Å². The van der Waals surface area contributed by atoms with E-state index in [-0.39, 0.29) is 17.9 Å². The van der Waals surface area contributed by atoms with Crippen molar-refractivity contribution in [1.29, 1.82) is 0 Å². The van der Waals surface area contributed by atoms with Gasteiger partial charge >= 0.3 is 5.97 Å². The normalized spacial score (nSPS) is 16.8. The molecular formula is C22H26N4O3. The number of anilines is 1. The van der Waals surface area contributed by atoms with Crippen LogP contribution in [0.5, 0.6) is 5.75 Å². The summed E-state index contributed by atoms with van der Waals surface area (Å²) in [7, 11) is 0. The molecule has 1 fully saturated rings. The van der Waals surface area contributed by atoms with Crippen molar-refractivity contribution in [3.8, 4) is 5.75 Å². The molecule has 0 bridgehead atoms. The minimum Gasteiger partial charge on any atom is -0.427 e. The molecule has 1 saturated heterocycles. The van der Waals surface area contributed by atoms with E-state index in [0.29, 0.717) is 11.3 Å². The van der Waals surface area contributed by atoms with Gasteiger partial charge in [0.2, 0.25) is 0 Å². The van der Waals surface area contributed by atoms with Crippen molar-refractivity contribution in [2.24, 2.45) is 0 Å². The van der Waals surface area contributed by atoms with Gasteiger partial charge in [0.25, 0.3) is 5.91 Å². The number of piperidine rings is 1. The van der Waals surface area contributed by atoms with Gasteiger partial charge in [0, 0.05) is 31.6 Å². The quantitative estimate of drug-likeness (QED) is 0.634. The monoisotopic (exact) mass is 394 g/mol. The number of benzene rings is 1. The number of carbonyl (C=O) groups excluding carboxylic acids is 2. The number of fused-ring (bicyclic) bond motifs is 1. The fourth-order valence-electron chi connectivity index (χ4n) is 4.00. The number of carbonyl (C=O) groups is 2. The standard InChI is InChI=1S/C22H26N4O3/c1-15(27)29-19-8-6-16(7-9-19)22(28)23-18-10-12-26(13-11-18)21-14-17-4-2-3-5-20(17)24-25-21/h6-9,14,18H,2-5,10-13H2,1H3,(H,23,28). The molecule has 0 atom stereocenters. The van der Waals surface area contributed by atoms with Crippen LogP contribution < -0.4 is 15.0 Å². The SMILES string of the molecule is CC(=O)Oc1ccc(C(=O)NC2CCN(c3cc4c(nn3)CCCC4)CC2)cc1. The van der Waals surface area contributed by atoms with Gasteiger partial charge in [-0.05, 0) is 74.4 Å². The van der Waals surface area contributed by atoms with Crippen molar-refractivity contribution >= 4 is 17.7 Å². The van der Waals surface area contributed by atoms with Crippen LogP contribution in [0.2, 0.25) is 0 Å². The van der Waals surface area contributed by atoms with Crippen LogP contribution >= 0.6 is 0 Å². The first-order chi connectivity index (χ1) is 14.1. The number of aryl methyl sites for hydroxylation is 2. The van der Waals surface area contributed by atoms with Gasteiger partial charge in [0.05, 0.1) is 5.69 Å². The first kappa shape index (κ1) is 19.4. The molecule has 1 aromatic carbocycles. The van der Waals surface area contributed by atoms with Crippen molar-refractivity contribution in [3.63, 3.8) is 0 Å². The molecule has 1 aromatic heterocycles. The molecule has 1 N–H and O–H groups in total. The number of hydrogen-bond acceptors (Lipinski definition) is 6. The Kier molecular flexibility index (Phi) is 5.74. The Bertz CT molecular complexity index is 889. The Labute approximate surface area is 170 Å². The summed E-state index contributed by atoms with van der Waals surface area (Å²) >= 11 is 0. The average molecular weight is 394 g/mol. The van der Waals surface area contributed by atoms with E-state index in [9.17, 15) is 9.59 Å². The molecule has 0 radical (unpaired) electrons. The number of amides is 1. The summed E-state index contributed by atoms with van der Waals surface area (Å²) in [6.07, 6.45) is 6.32. The fourth-order valence-corrected chi connectivity index (χ4v) is 4.00. The molecule has 4 rings (SSSR count). The molecule has 2 heterocycles. The zero-order valence-corrected chi connectivity index (χ0v) is 16.7. The second-order valence-corrected chi connectivity index (χ2v) is 7.73. The first-order valence-electron chi connectivity index (χ1n) is 10.3. The lowest BCUT2D eigenvalue weighted by atomic mass is 9.96. The topological polar surface area (TPSA) is 84.4 Å². The predicted molar refractivity (Wildman–Crippen MR) is 109 cm³/mol. The van der Waals surface area contributed by atoms with Crippen molar-refractivity contribution in [2.75, 3.05) is 18.0 Å². The van der Waals surface area contributed by atoms with E-state index in [1.54, 1.807) is 24.3 Å². The number of nitrogens with one attached hydrogen (secondary N) is 1. The number of ether oxygens (including phenoxy) is 1. The number of nitrogens with zero attached hydrogens (tertiary/aromatic N) is 3. The highest BCUT2D eigenvalue weighted by Gasteiger charge is 2.23. The third kappa shape index (κ3) is 4.72. The molecule has 1 amide bonds. The Morgan fingerprint density at radius 2 is 1.79 bits per heavy atom. The molecule has 1 aliphatic heterocycles. The van der Waals surface area contributed by atoms with Gasteiger partial charge < -0.3 is 15.0 Å². The Morgan fingerprint density at radius 3 is 2.52 bits per heavy atom. The number of rotatable bonds is 4. The van der Waals surface area contributed by atoms with Gasteiger partial charge in [-0.15, -0.1) is 5.10 Å². The van der Waals surface area contributed by atoms with E-state index in [0.717, 1.165) is 50.3 Å². The molecule has 7 nitrogen and oxygen atoms in total. The highest BCUT2D eigenvalue weighted by molar-refractivity contribution is 5.94. The van der Waals surface area contributed by atoms with Crippen molar-refractivity contribution < 1.29 is 14.3 Å². The molecule has 0 spiro atoms. The summed E-state index contributed by atoms with van der Waals surface area (Å²) in [4.78, 5) is 25.7. The molecule has 0 saturated carbocycles. The lowest BCUT2D eigenvalue weighted by Crippen LogP contribution is -2.45. The second-order valence-electron chi connectivity index (χ2n) is 7.73. The van der Waals surface area contributed by atoms with Crippen molar-refractivity contribution in [3.05, 3.63) is 47.2 Å². The maximum absolute atomic E-state index is 12.5. The molecule has 0 unspecified atom stereocenters. The molecule has 2 aromatic rings. The number of esters is 1. The zero-order valence-electron chi connectivity index (χ0n) is 16.7. The summed E-state index contributed by atoms with van der Waals surface area (Å²) in [5.41, 5.74) is 3.06. The summed E-state index contributed by atoms with van der Waals surface area (Å²) < 4.78 is 5.00. The van der Waals surface area contributed by atoms with Gasteiger partial charge in [-0.1, -0.05) is 0 Å². The summed E-state index contributed by atoms with van der Waals surface area (Å²) in [6, 6.07) is 8.95. The third-order valence-electron chi connectivity index (χ3n) is 5.59. The number of hydrogen-bond donors (Lipinski definition) is 1. The molecule has 2 aliphatic rings. The maximum Gasteiger partial charge on any atom is 0.308 e. The molecule has 7 heteroatoms. The minimum absolute atomic E-state index is 0.105. The van der Waals surface area contributed by atoms with Crippen LogP contribution in [0, 0.1) is 0 Å². The Balaban J connectivity index is 1.30. The zero-order chi connectivity index (χ0) is 20.2. The van der Waals surface area contributed by atoms with Crippen LogP contribution in [-0.2, 0) is 17.6 Å². The van der Waals surface area contributed by atoms with Crippen LogP contribution in [0.4, 0.5) is 5.82 Å². The van der Waals surface area contributed by atoms with Crippen molar-refractivity contribution in [2.45, 2.75) is 51.5 Å². The van der Waals surface area contributed by atoms with E-state index >= 15 is 0 Å². The van der Waals surface area contributed by atoms with E-state index in [1.807, 2.05) is 0 Å². The smallest absolute Gasteiger partial charge is 0.308 e. The molecule has 152 valence electrons. The third-order valence-corrected chi connectivity index (χ3v) is 5.59. The van der Waals surface area contributed by atoms with E-state index in [4.69, 9.17) is 4.74 Å². The van der Waals surface area contributed by atoms with Gasteiger partial charge in [0.1, 0.15) is 5.75 Å². The van der Waals surface area contributed by atoms with E-state index < -0.39 is 0 Å². The van der Waals surface area contributed by atoms with Crippen molar-refractivity contribution in [1.82, 2.24) is 15.5 Å². The Morgan fingerprint density at radius 1 is 1.07 bits per heavy atom. The lowest BCUT2D eigenvalue weighted by Gasteiger charge is -2.33. The fraction of sp³-hybridized carbons (Fsp3) is 0.455. The van der Waals surface area contributed by atoms with E-state index in [1.165, 1.54) is 25.3 Å². The van der Waals surface area contributed by atoms with Crippen LogP contribution in [-0.4, -0.2) is 41.2 Å². The van der Waals surface area contributed by atoms with Crippen LogP contribution in [0.1, 0.15) is 54.2 Å². The van der Waals surface area contributed by atoms with Crippen LogP contribution in [0.15, 0.2) is 30.3 Å². The second kappa shape index (κ2) is 8.59. The summed E-state index contributed by atoms with van der Waals surface area (Å²) in [5.74, 6) is 0.911. The van der Waals surface area contributed by atoms with E-state index in [2.05, 4.69) is 26.5 Å². The van der Waals surface area contributed by atoms with Crippen LogP contribution in [0.3, 0.4) is 0 Å². The highest BCUT2D eigenvalue weighted by Crippen LogP contribution is 2.24.